The molecule has 0 atom stereocenters. The summed E-state index contributed by atoms with van der Waals surface area (Å²) in [5, 5.41) is 3.49. The summed E-state index contributed by atoms with van der Waals surface area (Å²) in [6.45, 7) is 3.22. The van der Waals surface area contributed by atoms with E-state index in [1.165, 1.54) is 37.8 Å². The first-order valence-corrected chi connectivity index (χ1v) is 7.31. The van der Waals surface area contributed by atoms with Crippen molar-refractivity contribution in [3.8, 4) is 0 Å². The molecule has 1 heterocycles. The van der Waals surface area contributed by atoms with Crippen molar-refractivity contribution in [3.63, 3.8) is 0 Å². The lowest BCUT2D eigenvalue weighted by molar-refractivity contribution is 0.151. The summed E-state index contributed by atoms with van der Waals surface area (Å²) in [6.07, 6.45) is 5.60. The van der Waals surface area contributed by atoms with Crippen LogP contribution in [0.2, 0.25) is 0 Å². The minimum atomic E-state index is 0.629. The number of hydrogen-bond donors (Lipinski definition) is 1. The molecule has 3 heteroatoms. The van der Waals surface area contributed by atoms with Crippen molar-refractivity contribution in [1.82, 2.24) is 10.2 Å². The van der Waals surface area contributed by atoms with Crippen LogP contribution >= 0.6 is 0 Å². The molecule has 1 spiro atoms. The van der Waals surface area contributed by atoms with Gasteiger partial charge in [0.25, 0.3) is 0 Å². The zero-order chi connectivity index (χ0) is 13.1. The first-order valence-electron chi connectivity index (χ1n) is 7.31. The van der Waals surface area contributed by atoms with Gasteiger partial charge in [-0.25, -0.2) is 0 Å². The molecule has 3 rings (SSSR count). The molecule has 1 aromatic rings. The van der Waals surface area contributed by atoms with E-state index in [-0.39, 0.29) is 0 Å². The molecule has 1 aliphatic carbocycles. The molecule has 1 aromatic carbocycles. The zero-order valence-corrected chi connectivity index (χ0v) is 11.7. The van der Waals surface area contributed by atoms with Crippen LogP contribution in [0, 0.1) is 5.41 Å². The Bertz CT molecular complexity index is 448. The zero-order valence-electron chi connectivity index (χ0n) is 11.7. The van der Waals surface area contributed by atoms with Crippen molar-refractivity contribution in [2.75, 3.05) is 20.1 Å². The van der Waals surface area contributed by atoms with Gasteiger partial charge in [0.05, 0.1) is 0 Å². The SMILES string of the molecule is CN=C(NCc1ccccc1)N1CCC2(CCC2)C1. The normalized spacial score (nSPS) is 21.5. The fourth-order valence-corrected chi connectivity index (χ4v) is 3.31. The smallest absolute Gasteiger partial charge is 0.193 e. The van der Waals surface area contributed by atoms with Crippen LogP contribution < -0.4 is 5.32 Å². The molecule has 102 valence electrons. The van der Waals surface area contributed by atoms with Gasteiger partial charge < -0.3 is 10.2 Å². The maximum atomic E-state index is 4.44. The number of hydrogen-bond acceptors (Lipinski definition) is 1. The van der Waals surface area contributed by atoms with E-state index < -0.39 is 0 Å². The lowest BCUT2D eigenvalue weighted by Gasteiger charge is -2.38. The number of rotatable bonds is 2. The minimum Gasteiger partial charge on any atom is -0.352 e. The van der Waals surface area contributed by atoms with Crippen LogP contribution in [0.25, 0.3) is 0 Å². The standard InChI is InChI=1S/C16H23N3/c1-17-15(18-12-14-6-3-2-4-7-14)19-11-10-16(13-19)8-5-9-16/h2-4,6-7H,5,8-13H2,1H3,(H,17,18). The van der Waals surface area contributed by atoms with Gasteiger partial charge in [-0.2, -0.15) is 0 Å². The molecule has 19 heavy (non-hydrogen) atoms. The molecular weight excluding hydrogens is 234 g/mol. The van der Waals surface area contributed by atoms with Gasteiger partial charge in [0, 0.05) is 26.7 Å². The van der Waals surface area contributed by atoms with E-state index in [1.54, 1.807) is 0 Å². The molecule has 2 aliphatic rings. The van der Waals surface area contributed by atoms with Crippen LogP contribution in [0.3, 0.4) is 0 Å². The summed E-state index contributed by atoms with van der Waals surface area (Å²) < 4.78 is 0. The Morgan fingerprint density at radius 1 is 1.26 bits per heavy atom. The van der Waals surface area contributed by atoms with E-state index >= 15 is 0 Å². The first kappa shape index (κ1) is 12.5. The summed E-state index contributed by atoms with van der Waals surface area (Å²) in [7, 11) is 1.89. The second-order valence-electron chi connectivity index (χ2n) is 5.91. The molecule has 1 aliphatic heterocycles. The fourth-order valence-electron chi connectivity index (χ4n) is 3.31. The minimum absolute atomic E-state index is 0.629. The Morgan fingerprint density at radius 3 is 2.63 bits per heavy atom. The molecule has 0 aromatic heterocycles. The van der Waals surface area contributed by atoms with Crippen molar-refractivity contribution in [2.24, 2.45) is 10.4 Å². The van der Waals surface area contributed by atoms with Gasteiger partial charge in [-0.05, 0) is 30.2 Å². The van der Waals surface area contributed by atoms with Crippen molar-refractivity contribution in [1.29, 1.82) is 0 Å². The molecule has 2 fully saturated rings. The van der Waals surface area contributed by atoms with E-state index in [9.17, 15) is 0 Å². The van der Waals surface area contributed by atoms with E-state index in [4.69, 9.17) is 0 Å². The Morgan fingerprint density at radius 2 is 2.05 bits per heavy atom. The van der Waals surface area contributed by atoms with E-state index in [0.29, 0.717) is 5.41 Å². The van der Waals surface area contributed by atoms with Gasteiger partial charge in [-0.3, -0.25) is 4.99 Å². The predicted molar refractivity (Wildman–Crippen MR) is 79.1 cm³/mol. The van der Waals surface area contributed by atoms with Crippen LogP contribution in [0.15, 0.2) is 35.3 Å². The van der Waals surface area contributed by atoms with E-state index in [2.05, 4.69) is 45.5 Å². The Balaban J connectivity index is 1.57. The topological polar surface area (TPSA) is 27.6 Å². The number of aliphatic imine (C=N–C) groups is 1. The molecule has 1 saturated heterocycles. The quantitative estimate of drug-likeness (QED) is 0.651. The van der Waals surface area contributed by atoms with E-state index in [0.717, 1.165) is 19.0 Å². The molecule has 0 amide bonds. The Kier molecular flexibility index (Phi) is 3.45. The maximum Gasteiger partial charge on any atom is 0.193 e. The molecule has 1 saturated carbocycles. The lowest BCUT2D eigenvalue weighted by atomic mass is 9.68. The Labute approximate surface area is 115 Å². The van der Waals surface area contributed by atoms with Crippen LogP contribution in [-0.4, -0.2) is 31.0 Å². The summed E-state index contributed by atoms with van der Waals surface area (Å²) in [4.78, 5) is 6.87. The van der Waals surface area contributed by atoms with Crippen molar-refractivity contribution >= 4 is 5.96 Å². The second-order valence-corrected chi connectivity index (χ2v) is 5.91. The monoisotopic (exact) mass is 257 g/mol. The molecule has 0 unspecified atom stereocenters. The highest BCUT2D eigenvalue weighted by molar-refractivity contribution is 5.80. The van der Waals surface area contributed by atoms with Crippen LogP contribution in [0.4, 0.5) is 0 Å². The summed E-state index contributed by atoms with van der Waals surface area (Å²) in [6, 6.07) is 10.5. The Hall–Kier alpha value is -1.51. The van der Waals surface area contributed by atoms with Crippen molar-refractivity contribution in [2.45, 2.75) is 32.2 Å². The average molecular weight is 257 g/mol. The van der Waals surface area contributed by atoms with Gasteiger partial charge in [0.15, 0.2) is 5.96 Å². The summed E-state index contributed by atoms with van der Waals surface area (Å²) in [5.74, 6) is 1.06. The third kappa shape index (κ3) is 2.60. The third-order valence-electron chi connectivity index (χ3n) is 4.66. The highest BCUT2D eigenvalue weighted by Gasteiger charge is 2.43. The number of likely N-dealkylation sites (tertiary alicyclic amines) is 1. The van der Waals surface area contributed by atoms with Gasteiger partial charge >= 0.3 is 0 Å². The highest BCUT2D eigenvalue weighted by Crippen LogP contribution is 2.47. The van der Waals surface area contributed by atoms with Crippen molar-refractivity contribution in [3.05, 3.63) is 35.9 Å². The number of nitrogens with one attached hydrogen (secondary N) is 1. The number of nitrogens with zero attached hydrogens (tertiary/aromatic N) is 2. The van der Waals surface area contributed by atoms with Crippen LogP contribution in [0.5, 0.6) is 0 Å². The van der Waals surface area contributed by atoms with Gasteiger partial charge in [0.1, 0.15) is 0 Å². The second kappa shape index (κ2) is 5.24. The summed E-state index contributed by atoms with van der Waals surface area (Å²) in [5.41, 5.74) is 1.94. The predicted octanol–water partition coefficient (Wildman–Crippen LogP) is 2.64. The van der Waals surface area contributed by atoms with Crippen LogP contribution in [0.1, 0.15) is 31.2 Å². The van der Waals surface area contributed by atoms with Crippen molar-refractivity contribution < 1.29 is 0 Å². The van der Waals surface area contributed by atoms with Gasteiger partial charge in [0.2, 0.25) is 0 Å². The van der Waals surface area contributed by atoms with Gasteiger partial charge in [-0.1, -0.05) is 36.8 Å². The average Bonchev–Trinajstić information content (AvgIpc) is 2.86. The molecule has 0 radical (unpaired) electrons. The lowest BCUT2D eigenvalue weighted by Crippen LogP contribution is -2.42. The van der Waals surface area contributed by atoms with E-state index in [1.807, 2.05) is 7.05 Å². The summed E-state index contributed by atoms with van der Waals surface area (Å²) >= 11 is 0. The van der Waals surface area contributed by atoms with Crippen LogP contribution in [-0.2, 0) is 6.54 Å². The molecular formula is C16H23N3. The first-order chi connectivity index (χ1) is 9.31. The number of benzene rings is 1. The largest absolute Gasteiger partial charge is 0.352 e. The maximum absolute atomic E-state index is 4.44. The highest BCUT2D eigenvalue weighted by atomic mass is 15.3. The number of guanidine groups is 1. The molecule has 0 bridgehead atoms. The molecule has 1 N–H and O–H groups in total. The third-order valence-corrected chi connectivity index (χ3v) is 4.66. The molecule has 3 nitrogen and oxygen atoms in total. The van der Waals surface area contributed by atoms with Gasteiger partial charge in [-0.15, -0.1) is 0 Å². The fraction of sp³-hybridized carbons (Fsp3) is 0.562.